The van der Waals surface area contributed by atoms with Crippen molar-refractivity contribution in [1.82, 2.24) is 26.2 Å². The molecule has 0 aromatic heterocycles. The van der Waals surface area contributed by atoms with Gasteiger partial charge < -0.3 is 40.7 Å². The number of likely N-dealkylation sites (tertiary alicyclic amines) is 1. The van der Waals surface area contributed by atoms with Crippen LogP contribution in [0.15, 0.2) is 54.6 Å². The molecule has 0 saturated carbocycles. The summed E-state index contributed by atoms with van der Waals surface area (Å²) in [4.78, 5) is 81.0. The number of aromatic hydroxyl groups is 1. The third-order valence-corrected chi connectivity index (χ3v) is 10.0. The molecule has 314 valence electrons. The minimum absolute atomic E-state index is 0.0136. The third-order valence-electron chi connectivity index (χ3n) is 10.0. The number of hydrogen-bond donors (Lipinski definition) is 5. The molecule has 2 aromatic rings. The lowest BCUT2D eigenvalue weighted by Gasteiger charge is -2.31. The number of nitrogens with zero attached hydrogens (tertiary/aromatic N) is 1. The number of carbonyl (C=O) groups is 6. The van der Waals surface area contributed by atoms with E-state index in [0.29, 0.717) is 38.6 Å². The average molecular weight is 794 g/mol. The minimum Gasteiger partial charge on any atom is -0.508 e. The number of ether oxygens (including phenoxy) is 2. The van der Waals surface area contributed by atoms with Gasteiger partial charge in [-0.15, -0.1) is 0 Å². The normalized spacial score (nSPS) is 16.1. The van der Waals surface area contributed by atoms with Crippen molar-refractivity contribution < 1.29 is 43.3 Å². The standard InChI is InChI=1S/C43H63N5O9/c1-27(2)24-34(41(53)48-22-11-14-36(48)43(55)57-26-31-12-9-8-10-13-31)46-40(52)39(29(5)6)47-37(50)20-19-33(28(3)4)45-38(51)21-23-56-42(54)35(44-7)25-30-15-17-32(49)18-16-30/h8-10,12-13,15-18,27-29,33-36,39,44,49H,11,14,19-26H2,1-7H3,(H,45,51)(H,46,52)(H,47,50)/t33-,34?,35?,36?,39?/m0/s1. The highest BCUT2D eigenvalue weighted by atomic mass is 16.5. The van der Waals surface area contributed by atoms with E-state index in [4.69, 9.17) is 9.47 Å². The van der Waals surface area contributed by atoms with E-state index in [-0.39, 0.29) is 73.3 Å². The van der Waals surface area contributed by atoms with Crippen LogP contribution in [-0.4, -0.2) is 96.0 Å². The lowest BCUT2D eigenvalue weighted by Crippen LogP contribution is -2.57. The molecule has 1 heterocycles. The Morgan fingerprint density at radius 1 is 0.789 bits per heavy atom. The van der Waals surface area contributed by atoms with Gasteiger partial charge in [-0.1, -0.05) is 84.0 Å². The van der Waals surface area contributed by atoms with Gasteiger partial charge in [-0.3, -0.25) is 24.0 Å². The topological polar surface area (TPSA) is 192 Å². The molecule has 1 aliphatic rings. The van der Waals surface area contributed by atoms with Crippen LogP contribution >= 0.6 is 0 Å². The number of hydrogen-bond acceptors (Lipinski definition) is 10. The van der Waals surface area contributed by atoms with Crippen LogP contribution in [-0.2, 0) is 51.3 Å². The van der Waals surface area contributed by atoms with Crippen molar-refractivity contribution in [3.8, 4) is 5.75 Å². The van der Waals surface area contributed by atoms with Gasteiger partial charge in [0.1, 0.15) is 43.1 Å². The van der Waals surface area contributed by atoms with Crippen LogP contribution < -0.4 is 21.3 Å². The molecular formula is C43H63N5O9. The molecule has 0 bridgehead atoms. The maximum absolute atomic E-state index is 13.9. The number of phenolic OH excluding ortho intramolecular Hbond substituents is 1. The van der Waals surface area contributed by atoms with Gasteiger partial charge in [0.05, 0.1) is 6.42 Å². The van der Waals surface area contributed by atoms with E-state index in [0.717, 1.165) is 11.1 Å². The summed E-state index contributed by atoms with van der Waals surface area (Å²) in [7, 11) is 1.64. The molecule has 5 N–H and O–H groups in total. The summed E-state index contributed by atoms with van der Waals surface area (Å²) >= 11 is 0. The Labute approximate surface area is 337 Å². The van der Waals surface area contributed by atoms with Gasteiger partial charge in [-0.05, 0) is 80.2 Å². The first-order valence-electron chi connectivity index (χ1n) is 20.1. The van der Waals surface area contributed by atoms with Crippen molar-refractivity contribution in [1.29, 1.82) is 0 Å². The molecule has 1 aliphatic heterocycles. The number of likely N-dealkylation sites (N-methyl/N-ethyl adjacent to an activating group) is 1. The third kappa shape index (κ3) is 15.5. The highest BCUT2D eigenvalue weighted by molar-refractivity contribution is 5.94. The zero-order valence-electron chi connectivity index (χ0n) is 34.5. The van der Waals surface area contributed by atoms with Crippen molar-refractivity contribution >= 4 is 35.6 Å². The van der Waals surface area contributed by atoms with Crippen molar-refractivity contribution in [2.24, 2.45) is 17.8 Å². The van der Waals surface area contributed by atoms with Gasteiger partial charge in [-0.2, -0.15) is 0 Å². The van der Waals surface area contributed by atoms with Crippen LogP contribution in [0, 0.1) is 17.8 Å². The zero-order valence-corrected chi connectivity index (χ0v) is 34.5. The maximum Gasteiger partial charge on any atom is 0.329 e. The van der Waals surface area contributed by atoms with Crippen LogP contribution in [0.3, 0.4) is 0 Å². The molecule has 14 nitrogen and oxygen atoms in total. The highest BCUT2D eigenvalue weighted by Gasteiger charge is 2.39. The SMILES string of the molecule is CNC(Cc1ccc(O)cc1)C(=O)OCCC(=O)N[C@@H](CCC(=O)NC(C(=O)NC(CC(C)C)C(=O)N1CCCC1C(=O)OCc1ccccc1)C(C)C)C(C)C. The molecule has 4 amide bonds. The Hall–Kier alpha value is -4.98. The first-order chi connectivity index (χ1) is 27.1. The smallest absolute Gasteiger partial charge is 0.329 e. The zero-order chi connectivity index (χ0) is 42.1. The number of phenols is 1. The average Bonchev–Trinajstić information content (AvgIpc) is 3.67. The lowest BCUT2D eigenvalue weighted by molar-refractivity contribution is -0.155. The van der Waals surface area contributed by atoms with E-state index in [1.54, 1.807) is 45.2 Å². The first kappa shape index (κ1) is 46.4. The molecule has 4 unspecified atom stereocenters. The number of esters is 2. The van der Waals surface area contributed by atoms with Crippen LogP contribution in [0.5, 0.6) is 5.75 Å². The van der Waals surface area contributed by atoms with E-state index < -0.39 is 42.0 Å². The highest BCUT2D eigenvalue weighted by Crippen LogP contribution is 2.22. The van der Waals surface area contributed by atoms with Crippen molar-refractivity contribution in [2.45, 2.75) is 123 Å². The number of nitrogens with one attached hydrogen (secondary N) is 4. The Bertz CT molecular complexity index is 1620. The molecule has 3 rings (SSSR count). The summed E-state index contributed by atoms with van der Waals surface area (Å²) in [6.07, 6.45) is 2.08. The second-order valence-electron chi connectivity index (χ2n) is 15.8. The molecule has 5 atom stereocenters. The van der Waals surface area contributed by atoms with Crippen molar-refractivity contribution in [3.63, 3.8) is 0 Å². The number of amides is 4. The molecular weight excluding hydrogens is 730 g/mol. The van der Waals surface area contributed by atoms with E-state index in [9.17, 15) is 33.9 Å². The largest absolute Gasteiger partial charge is 0.508 e. The van der Waals surface area contributed by atoms with Crippen LogP contribution in [0.25, 0.3) is 0 Å². The van der Waals surface area contributed by atoms with Gasteiger partial charge in [0.2, 0.25) is 23.6 Å². The van der Waals surface area contributed by atoms with Gasteiger partial charge in [0.15, 0.2) is 0 Å². The minimum atomic E-state index is -0.928. The van der Waals surface area contributed by atoms with E-state index in [1.165, 1.54) is 4.90 Å². The van der Waals surface area contributed by atoms with Crippen LogP contribution in [0.2, 0.25) is 0 Å². The summed E-state index contributed by atoms with van der Waals surface area (Å²) in [5, 5.41) is 21.1. The molecule has 0 aliphatic carbocycles. The van der Waals surface area contributed by atoms with Gasteiger partial charge in [-0.25, -0.2) is 4.79 Å². The van der Waals surface area contributed by atoms with Gasteiger partial charge in [0, 0.05) is 19.0 Å². The molecule has 57 heavy (non-hydrogen) atoms. The maximum atomic E-state index is 13.9. The fraction of sp³-hybridized carbons (Fsp3) is 0.581. The molecule has 1 fully saturated rings. The van der Waals surface area contributed by atoms with Crippen LogP contribution in [0.4, 0.5) is 0 Å². The fourth-order valence-electron chi connectivity index (χ4n) is 6.69. The van der Waals surface area contributed by atoms with Crippen molar-refractivity contribution in [3.05, 3.63) is 65.7 Å². The van der Waals surface area contributed by atoms with Crippen molar-refractivity contribution in [2.75, 3.05) is 20.2 Å². The van der Waals surface area contributed by atoms with Crippen LogP contribution in [0.1, 0.15) is 91.2 Å². The van der Waals surface area contributed by atoms with Gasteiger partial charge in [0.25, 0.3) is 0 Å². The molecule has 0 spiro atoms. The molecule has 0 radical (unpaired) electrons. The Morgan fingerprint density at radius 2 is 1.46 bits per heavy atom. The van der Waals surface area contributed by atoms with E-state index >= 15 is 0 Å². The summed E-state index contributed by atoms with van der Waals surface area (Å²) in [5.74, 6) is -2.67. The van der Waals surface area contributed by atoms with E-state index in [2.05, 4.69) is 21.3 Å². The second-order valence-corrected chi connectivity index (χ2v) is 15.8. The van der Waals surface area contributed by atoms with Gasteiger partial charge >= 0.3 is 11.9 Å². The predicted octanol–water partition coefficient (Wildman–Crippen LogP) is 3.78. The Kier molecular flexibility index (Phi) is 19.0. The summed E-state index contributed by atoms with van der Waals surface area (Å²) in [5.41, 5.74) is 1.68. The number of carbonyl (C=O) groups excluding carboxylic acids is 6. The molecule has 1 saturated heterocycles. The first-order valence-corrected chi connectivity index (χ1v) is 20.1. The number of benzene rings is 2. The summed E-state index contributed by atoms with van der Waals surface area (Å²) < 4.78 is 10.9. The Morgan fingerprint density at radius 3 is 2.07 bits per heavy atom. The predicted molar refractivity (Wildman–Crippen MR) is 215 cm³/mol. The monoisotopic (exact) mass is 793 g/mol. The fourth-order valence-corrected chi connectivity index (χ4v) is 6.69. The van der Waals surface area contributed by atoms with E-state index in [1.807, 2.05) is 58.0 Å². The molecule has 14 heteroatoms. The number of rotatable bonds is 22. The molecule has 2 aromatic carbocycles. The summed E-state index contributed by atoms with van der Waals surface area (Å²) in [6.45, 7) is 11.7. The second kappa shape index (κ2) is 23.3. The quantitative estimate of drug-likeness (QED) is 0.110. The Balaban J connectivity index is 1.52. The lowest BCUT2D eigenvalue weighted by atomic mass is 9.97. The summed E-state index contributed by atoms with van der Waals surface area (Å²) in [6, 6.07) is 12.3.